The van der Waals surface area contributed by atoms with Gasteiger partial charge in [-0.15, -0.1) is 18.2 Å². The summed E-state index contributed by atoms with van der Waals surface area (Å²) in [7, 11) is 0. The fraction of sp³-hybridized carbons (Fsp3) is 0.226. The molecule has 3 aromatic rings. The molecule has 0 saturated carbocycles. The van der Waals surface area contributed by atoms with Gasteiger partial charge in [-0.2, -0.15) is 0 Å². The summed E-state index contributed by atoms with van der Waals surface area (Å²) in [6.07, 6.45) is 11.0. The average molecular weight is 435 g/mol. The van der Waals surface area contributed by atoms with Gasteiger partial charge in [0, 0.05) is 10.1 Å². The van der Waals surface area contributed by atoms with Crippen molar-refractivity contribution in [3.63, 3.8) is 0 Å². The number of rotatable bonds is 5. The minimum atomic E-state index is 0.358. The van der Waals surface area contributed by atoms with Crippen LogP contribution in [0, 0.1) is 12.3 Å². The largest absolute Gasteiger partial charge is 0.117 e. The molecule has 1 atom stereocenters. The van der Waals surface area contributed by atoms with Gasteiger partial charge in [-0.3, -0.25) is 0 Å². The zero-order chi connectivity index (χ0) is 22.5. The molecule has 0 bridgehead atoms. The fourth-order valence-corrected chi connectivity index (χ4v) is 6.05. The molecule has 1 heteroatoms. The van der Waals surface area contributed by atoms with Crippen molar-refractivity contribution in [2.75, 3.05) is 0 Å². The Morgan fingerprint density at radius 2 is 1.56 bits per heavy atom. The summed E-state index contributed by atoms with van der Waals surface area (Å²) in [5.74, 6) is 2.83. The minimum Gasteiger partial charge on any atom is -0.117 e. The zero-order valence-electron chi connectivity index (χ0n) is 19.2. The SMILES string of the molecule is C#C/C=C1/C(C)=C(c2cccc(-c3ccccc3)c2CCC)c2ccccc2S[C@@H]1CC. The molecule has 0 fully saturated rings. The molecule has 0 spiro atoms. The van der Waals surface area contributed by atoms with Crippen LogP contribution in [0.2, 0.25) is 0 Å². The predicted molar refractivity (Wildman–Crippen MR) is 141 cm³/mol. The van der Waals surface area contributed by atoms with Crippen molar-refractivity contribution in [1.29, 1.82) is 0 Å². The van der Waals surface area contributed by atoms with Gasteiger partial charge >= 0.3 is 0 Å². The lowest BCUT2D eigenvalue weighted by atomic mass is 9.83. The molecule has 0 amide bonds. The highest BCUT2D eigenvalue weighted by atomic mass is 32.2. The first-order valence-electron chi connectivity index (χ1n) is 11.5. The summed E-state index contributed by atoms with van der Waals surface area (Å²) in [6.45, 7) is 6.77. The average Bonchev–Trinajstić information content (AvgIpc) is 2.94. The van der Waals surface area contributed by atoms with Crippen LogP contribution in [0.15, 0.2) is 94.9 Å². The van der Waals surface area contributed by atoms with Crippen molar-refractivity contribution >= 4 is 17.3 Å². The van der Waals surface area contributed by atoms with E-state index in [0.29, 0.717) is 5.25 Å². The van der Waals surface area contributed by atoms with Crippen LogP contribution in [0.3, 0.4) is 0 Å². The highest BCUT2D eigenvalue weighted by Crippen LogP contribution is 2.47. The van der Waals surface area contributed by atoms with Crippen molar-refractivity contribution in [2.45, 2.75) is 50.2 Å². The van der Waals surface area contributed by atoms with Crippen LogP contribution in [0.4, 0.5) is 0 Å². The van der Waals surface area contributed by atoms with Gasteiger partial charge in [-0.1, -0.05) is 92.9 Å². The molecule has 0 aromatic heterocycles. The maximum absolute atomic E-state index is 5.80. The van der Waals surface area contributed by atoms with E-state index in [1.54, 1.807) is 0 Å². The molecular weight excluding hydrogens is 404 g/mol. The summed E-state index contributed by atoms with van der Waals surface area (Å²) in [5, 5.41) is 0.358. The molecule has 0 N–H and O–H groups in total. The van der Waals surface area contributed by atoms with Crippen molar-refractivity contribution in [2.24, 2.45) is 0 Å². The lowest BCUT2D eigenvalue weighted by Gasteiger charge is -2.21. The second-order valence-corrected chi connectivity index (χ2v) is 9.47. The van der Waals surface area contributed by atoms with Gasteiger partial charge < -0.3 is 0 Å². The predicted octanol–water partition coefficient (Wildman–Crippen LogP) is 8.57. The van der Waals surface area contributed by atoms with Crippen LogP contribution in [0.1, 0.15) is 50.3 Å². The van der Waals surface area contributed by atoms with Crippen molar-refractivity contribution in [3.8, 4) is 23.5 Å². The van der Waals surface area contributed by atoms with E-state index in [2.05, 4.69) is 99.5 Å². The van der Waals surface area contributed by atoms with E-state index in [1.165, 1.54) is 49.4 Å². The third kappa shape index (κ3) is 4.21. The Morgan fingerprint density at radius 3 is 2.28 bits per heavy atom. The topological polar surface area (TPSA) is 0 Å². The minimum absolute atomic E-state index is 0.358. The van der Waals surface area contributed by atoms with E-state index in [0.717, 1.165) is 19.3 Å². The van der Waals surface area contributed by atoms with Gasteiger partial charge in [0.15, 0.2) is 0 Å². The summed E-state index contributed by atoms with van der Waals surface area (Å²) in [5.41, 5.74) is 10.6. The Kier molecular flexibility index (Phi) is 7.03. The normalized spacial score (nSPS) is 17.1. The number of hydrogen-bond acceptors (Lipinski definition) is 1. The lowest BCUT2D eigenvalue weighted by molar-refractivity contribution is 0.919. The summed E-state index contributed by atoms with van der Waals surface area (Å²) in [6, 6.07) is 26.4. The Hall–Kier alpha value is -2.95. The van der Waals surface area contributed by atoms with Crippen LogP contribution >= 0.6 is 11.8 Å². The van der Waals surface area contributed by atoms with Crippen LogP contribution in [0.25, 0.3) is 16.7 Å². The number of allylic oxidation sites excluding steroid dienone is 2. The summed E-state index contributed by atoms with van der Waals surface area (Å²) < 4.78 is 0. The van der Waals surface area contributed by atoms with E-state index >= 15 is 0 Å². The Balaban J connectivity index is 2.05. The molecule has 1 aliphatic heterocycles. The summed E-state index contributed by atoms with van der Waals surface area (Å²) in [4.78, 5) is 1.33. The third-order valence-electron chi connectivity index (χ3n) is 6.22. The first-order valence-corrected chi connectivity index (χ1v) is 12.4. The van der Waals surface area contributed by atoms with Crippen LogP contribution in [-0.2, 0) is 6.42 Å². The first-order chi connectivity index (χ1) is 15.7. The highest BCUT2D eigenvalue weighted by Gasteiger charge is 2.27. The number of hydrogen-bond donors (Lipinski definition) is 0. The van der Waals surface area contributed by atoms with E-state index in [-0.39, 0.29) is 0 Å². The molecular formula is C31H30S. The second kappa shape index (κ2) is 10.1. The molecule has 0 unspecified atom stereocenters. The number of terminal acetylenes is 1. The highest BCUT2D eigenvalue weighted by molar-refractivity contribution is 8.00. The molecule has 4 rings (SSSR count). The van der Waals surface area contributed by atoms with Gasteiger partial charge in [0.05, 0.1) is 0 Å². The number of thioether (sulfide) groups is 1. The molecule has 1 heterocycles. The molecule has 32 heavy (non-hydrogen) atoms. The molecule has 0 saturated heterocycles. The Bertz CT molecular complexity index is 1200. The Morgan fingerprint density at radius 1 is 0.875 bits per heavy atom. The first kappa shape index (κ1) is 22.3. The Labute approximate surface area is 197 Å². The monoisotopic (exact) mass is 434 g/mol. The number of fused-ring (bicyclic) bond motifs is 1. The molecule has 0 aliphatic carbocycles. The molecule has 0 radical (unpaired) electrons. The van der Waals surface area contributed by atoms with E-state index < -0.39 is 0 Å². The standard InChI is InChI=1S/C31H30S/c1-5-14-24-22(4)31(28-18-11-12-21-30(28)32-29(24)7-3)27-20-13-19-25(26(27)15-6-2)23-16-9-8-10-17-23/h1,8-14,16-21,29H,6-7,15H2,2-4H3/b24-14-/t29-/m1/s1. The maximum atomic E-state index is 5.80. The van der Waals surface area contributed by atoms with E-state index in [1.807, 2.05) is 17.8 Å². The second-order valence-electron chi connectivity index (χ2n) is 8.22. The van der Waals surface area contributed by atoms with Gasteiger partial charge in [-0.25, -0.2) is 0 Å². The maximum Gasteiger partial charge on any atom is 0.0351 e. The van der Waals surface area contributed by atoms with Crippen LogP contribution < -0.4 is 0 Å². The fourth-order valence-electron chi connectivity index (χ4n) is 4.75. The van der Waals surface area contributed by atoms with Crippen LogP contribution in [-0.4, -0.2) is 5.25 Å². The van der Waals surface area contributed by atoms with Crippen LogP contribution in [0.5, 0.6) is 0 Å². The van der Waals surface area contributed by atoms with Crippen molar-refractivity contribution < 1.29 is 0 Å². The third-order valence-corrected chi connectivity index (χ3v) is 7.70. The molecule has 3 aromatic carbocycles. The van der Waals surface area contributed by atoms with Gasteiger partial charge in [0.1, 0.15) is 0 Å². The molecule has 0 nitrogen and oxygen atoms in total. The van der Waals surface area contributed by atoms with E-state index in [4.69, 9.17) is 6.42 Å². The van der Waals surface area contributed by atoms with Gasteiger partial charge in [0.2, 0.25) is 0 Å². The molecule has 1 aliphatic rings. The molecule has 160 valence electrons. The zero-order valence-corrected chi connectivity index (χ0v) is 20.0. The van der Waals surface area contributed by atoms with Gasteiger partial charge in [-0.05, 0) is 76.4 Å². The quantitative estimate of drug-likeness (QED) is 0.362. The lowest BCUT2D eigenvalue weighted by Crippen LogP contribution is -2.06. The smallest absolute Gasteiger partial charge is 0.0351 e. The number of benzene rings is 3. The van der Waals surface area contributed by atoms with Crippen molar-refractivity contribution in [1.82, 2.24) is 0 Å². The summed E-state index contributed by atoms with van der Waals surface area (Å²) >= 11 is 1.94. The van der Waals surface area contributed by atoms with Crippen molar-refractivity contribution in [3.05, 3.63) is 107 Å². The van der Waals surface area contributed by atoms with E-state index in [9.17, 15) is 0 Å². The van der Waals surface area contributed by atoms with Gasteiger partial charge in [0.25, 0.3) is 0 Å².